The Morgan fingerprint density at radius 1 is 1.00 bits per heavy atom. The Bertz CT molecular complexity index is 783. The van der Waals surface area contributed by atoms with Crippen LogP contribution < -0.4 is 10.2 Å². The first-order valence-electron chi connectivity index (χ1n) is 11.1. The molecule has 2 aromatic rings. The molecule has 0 radical (unpaired) electrons. The standard InChI is InChI=1S/C25H36N4O/c1-5-29(20(2)3)23-13-11-22(12-14-23)25(30)26-24(21-9-7-6-8-10-21)19-28-17-15-27(4)16-18-28/h6-14,20,24H,5,15-19H2,1-4H3,(H,26,30). The lowest BCUT2D eigenvalue weighted by Gasteiger charge is -2.35. The van der Waals surface area contributed by atoms with Gasteiger partial charge in [-0.1, -0.05) is 30.3 Å². The summed E-state index contributed by atoms with van der Waals surface area (Å²) >= 11 is 0. The number of hydrogen-bond donors (Lipinski definition) is 1. The minimum atomic E-state index is -0.0235. The number of carbonyl (C=O) groups excluding carboxylic acids is 1. The summed E-state index contributed by atoms with van der Waals surface area (Å²) in [5.74, 6) is -0.0166. The Morgan fingerprint density at radius 3 is 2.20 bits per heavy atom. The molecule has 2 aromatic carbocycles. The molecule has 1 heterocycles. The van der Waals surface area contributed by atoms with E-state index >= 15 is 0 Å². The summed E-state index contributed by atoms with van der Waals surface area (Å²) in [4.78, 5) is 20.2. The van der Waals surface area contributed by atoms with Crippen LogP contribution >= 0.6 is 0 Å². The number of anilines is 1. The number of rotatable bonds is 8. The van der Waals surface area contributed by atoms with Crippen molar-refractivity contribution < 1.29 is 4.79 Å². The summed E-state index contributed by atoms with van der Waals surface area (Å²) in [6.07, 6.45) is 0. The maximum absolute atomic E-state index is 13.1. The van der Waals surface area contributed by atoms with Gasteiger partial charge in [0.2, 0.25) is 0 Å². The fraction of sp³-hybridized carbons (Fsp3) is 0.480. The number of nitrogens with one attached hydrogen (secondary N) is 1. The minimum Gasteiger partial charge on any atom is -0.369 e. The first-order chi connectivity index (χ1) is 14.5. The monoisotopic (exact) mass is 408 g/mol. The Labute approximate surface area is 181 Å². The van der Waals surface area contributed by atoms with E-state index in [1.54, 1.807) is 0 Å². The van der Waals surface area contributed by atoms with Crippen LogP contribution in [0.25, 0.3) is 0 Å². The van der Waals surface area contributed by atoms with Crippen molar-refractivity contribution in [3.05, 3.63) is 65.7 Å². The first kappa shape index (κ1) is 22.3. The average Bonchev–Trinajstić information content (AvgIpc) is 2.76. The number of amides is 1. The summed E-state index contributed by atoms with van der Waals surface area (Å²) in [7, 11) is 2.16. The lowest BCUT2D eigenvalue weighted by atomic mass is 10.0. The molecule has 1 amide bonds. The molecule has 5 heteroatoms. The van der Waals surface area contributed by atoms with Gasteiger partial charge < -0.3 is 15.1 Å². The van der Waals surface area contributed by atoms with Crippen molar-refractivity contribution in [1.29, 1.82) is 0 Å². The van der Waals surface area contributed by atoms with Gasteiger partial charge in [-0.15, -0.1) is 0 Å². The molecule has 30 heavy (non-hydrogen) atoms. The van der Waals surface area contributed by atoms with Crippen molar-refractivity contribution in [2.45, 2.75) is 32.9 Å². The molecule has 1 aliphatic rings. The van der Waals surface area contributed by atoms with E-state index in [4.69, 9.17) is 0 Å². The summed E-state index contributed by atoms with van der Waals surface area (Å²) in [6.45, 7) is 12.5. The number of nitrogens with zero attached hydrogens (tertiary/aromatic N) is 3. The van der Waals surface area contributed by atoms with Crippen molar-refractivity contribution in [3.63, 3.8) is 0 Å². The third-order valence-electron chi connectivity index (χ3n) is 5.97. The Balaban J connectivity index is 1.71. The number of hydrogen-bond acceptors (Lipinski definition) is 4. The van der Waals surface area contributed by atoms with Gasteiger partial charge >= 0.3 is 0 Å². The van der Waals surface area contributed by atoms with Crippen molar-refractivity contribution in [2.24, 2.45) is 0 Å². The Hall–Kier alpha value is -2.37. The van der Waals surface area contributed by atoms with Crippen LogP contribution in [0.15, 0.2) is 54.6 Å². The van der Waals surface area contributed by atoms with Crippen molar-refractivity contribution >= 4 is 11.6 Å². The fourth-order valence-electron chi connectivity index (χ4n) is 4.10. The molecular formula is C25H36N4O. The zero-order valence-electron chi connectivity index (χ0n) is 18.8. The van der Waals surface area contributed by atoms with Gasteiger partial charge in [0.1, 0.15) is 0 Å². The second-order valence-corrected chi connectivity index (χ2v) is 8.47. The van der Waals surface area contributed by atoms with E-state index in [0.717, 1.165) is 50.5 Å². The molecule has 1 N–H and O–H groups in total. The summed E-state index contributed by atoms with van der Waals surface area (Å²) in [6, 6.07) is 18.7. The van der Waals surface area contributed by atoms with Gasteiger partial charge in [0.15, 0.2) is 0 Å². The highest BCUT2D eigenvalue weighted by Crippen LogP contribution is 2.20. The van der Waals surface area contributed by atoms with E-state index in [1.165, 1.54) is 0 Å². The van der Waals surface area contributed by atoms with Crippen molar-refractivity contribution in [2.75, 3.05) is 51.2 Å². The zero-order valence-corrected chi connectivity index (χ0v) is 18.8. The van der Waals surface area contributed by atoms with E-state index in [-0.39, 0.29) is 11.9 Å². The quantitative estimate of drug-likeness (QED) is 0.724. The van der Waals surface area contributed by atoms with E-state index in [2.05, 4.69) is 72.1 Å². The summed E-state index contributed by atoms with van der Waals surface area (Å²) in [5.41, 5.74) is 3.01. The Kier molecular flexibility index (Phi) is 7.88. The predicted octanol–water partition coefficient (Wildman–Crippen LogP) is 3.64. The van der Waals surface area contributed by atoms with Crippen LogP contribution in [-0.2, 0) is 0 Å². The Morgan fingerprint density at radius 2 is 1.63 bits per heavy atom. The molecule has 1 unspecified atom stereocenters. The van der Waals surface area contributed by atoms with Crippen LogP contribution in [0.1, 0.15) is 42.7 Å². The largest absolute Gasteiger partial charge is 0.369 e. The SMILES string of the molecule is CCN(c1ccc(C(=O)NC(CN2CCN(C)CC2)c2ccccc2)cc1)C(C)C. The van der Waals surface area contributed by atoms with Crippen LogP contribution in [0, 0.1) is 0 Å². The van der Waals surface area contributed by atoms with Crippen LogP contribution in [0.2, 0.25) is 0 Å². The van der Waals surface area contributed by atoms with Crippen LogP contribution in [-0.4, -0.2) is 68.1 Å². The highest BCUT2D eigenvalue weighted by molar-refractivity contribution is 5.94. The third-order valence-corrected chi connectivity index (χ3v) is 5.97. The highest BCUT2D eigenvalue weighted by Gasteiger charge is 2.22. The van der Waals surface area contributed by atoms with Gasteiger partial charge in [0.05, 0.1) is 6.04 Å². The average molecular weight is 409 g/mol. The molecule has 0 spiro atoms. The molecular weight excluding hydrogens is 372 g/mol. The van der Waals surface area contributed by atoms with Gasteiger partial charge in [0, 0.05) is 56.6 Å². The third kappa shape index (κ3) is 5.83. The molecule has 1 aliphatic heterocycles. The van der Waals surface area contributed by atoms with E-state index in [9.17, 15) is 4.79 Å². The number of piperazine rings is 1. The lowest BCUT2D eigenvalue weighted by molar-refractivity contribution is 0.0907. The molecule has 0 saturated carbocycles. The molecule has 162 valence electrons. The molecule has 1 atom stereocenters. The van der Waals surface area contributed by atoms with Crippen LogP contribution in [0.3, 0.4) is 0 Å². The molecule has 1 fully saturated rings. The molecule has 0 bridgehead atoms. The molecule has 0 aromatic heterocycles. The smallest absolute Gasteiger partial charge is 0.251 e. The predicted molar refractivity (Wildman–Crippen MR) is 125 cm³/mol. The molecule has 0 aliphatic carbocycles. The maximum Gasteiger partial charge on any atom is 0.251 e. The number of benzene rings is 2. The number of likely N-dealkylation sites (N-methyl/N-ethyl adjacent to an activating group) is 1. The van der Waals surface area contributed by atoms with Crippen molar-refractivity contribution in [1.82, 2.24) is 15.1 Å². The second kappa shape index (κ2) is 10.6. The fourth-order valence-corrected chi connectivity index (χ4v) is 4.10. The lowest BCUT2D eigenvalue weighted by Crippen LogP contribution is -2.47. The van der Waals surface area contributed by atoms with Gasteiger partial charge in [0.25, 0.3) is 5.91 Å². The normalized spacial score (nSPS) is 16.4. The van der Waals surface area contributed by atoms with Crippen molar-refractivity contribution in [3.8, 4) is 0 Å². The molecule has 3 rings (SSSR count). The zero-order chi connectivity index (χ0) is 21.5. The van der Waals surface area contributed by atoms with Gasteiger partial charge in [-0.3, -0.25) is 9.69 Å². The highest BCUT2D eigenvalue weighted by atomic mass is 16.1. The molecule has 5 nitrogen and oxygen atoms in total. The molecule has 1 saturated heterocycles. The topological polar surface area (TPSA) is 38.8 Å². The minimum absolute atomic E-state index is 0.0166. The van der Waals surface area contributed by atoms with Gasteiger partial charge in [-0.25, -0.2) is 0 Å². The maximum atomic E-state index is 13.1. The van der Waals surface area contributed by atoms with E-state index in [1.807, 2.05) is 30.3 Å². The first-order valence-corrected chi connectivity index (χ1v) is 11.1. The van der Waals surface area contributed by atoms with Gasteiger partial charge in [-0.2, -0.15) is 0 Å². The van der Waals surface area contributed by atoms with E-state index < -0.39 is 0 Å². The second-order valence-electron chi connectivity index (χ2n) is 8.47. The van der Waals surface area contributed by atoms with E-state index in [0.29, 0.717) is 11.6 Å². The summed E-state index contributed by atoms with van der Waals surface area (Å²) in [5, 5.41) is 3.29. The van der Waals surface area contributed by atoms with Gasteiger partial charge in [-0.05, 0) is 57.6 Å². The van der Waals surface area contributed by atoms with Crippen LogP contribution in [0.4, 0.5) is 5.69 Å². The number of carbonyl (C=O) groups is 1. The summed E-state index contributed by atoms with van der Waals surface area (Å²) < 4.78 is 0. The van der Waals surface area contributed by atoms with Crippen LogP contribution in [0.5, 0.6) is 0 Å².